The molecule has 0 fully saturated rings. The van der Waals surface area contributed by atoms with Gasteiger partial charge in [0.15, 0.2) is 6.61 Å². The molecule has 0 bridgehead atoms. The lowest BCUT2D eigenvalue weighted by molar-refractivity contribution is -0.118. The molecule has 4 rings (SSSR count). The minimum atomic E-state index is -0.266. The van der Waals surface area contributed by atoms with Crippen LogP contribution in [0.3, 0.4) is 0 Å². The zero-order valence-electron chi connectivity index (χ0n) is 17.2. The van der Waals surface area contributed by atoms with E-state index in [0.29, 0.717) is 27.0 Å². The highest BCUT2D eigenvalue weighted by Gasteiger charge is 2.12. The molecule has 0 saturated carbocycles. The zero-order valence-corrected chi connectivity index (χ0v) is 18.8. The van der Waals surface area contributed by atoms with Crippen molar-refractivity contribution >= 4 is 45.8 Å². The summed E-state index contributed by atoms with van der Waals surface area (Å²) in [6.45, 7) is 5.59. The van der Waals surface area contributed by atoms with Crippen molar-refractivity contribution in [3.05, 3.63) is 75.3 Å². The quantitative estimate of drug-likeness (QED) is 0.421. The Bertz CT molecular complexity index is 1260. The van der Waals surface area contributed by atoms with Crippen LogP contribution in [-0.2, 0) is 4.79 Å². The van der Waals surface area contributed by atoms with Crippen LogP contribution in [0.5, 0.6) is 5.75 Å². The number of aryl methyl sites for hydroxylation is 3. The second-order valence-corrected chi connectivity index (χ2v) is 8.14. The third-order valence-corrected chi connectivity index (χ3v) is 5.69. The number of benzene rings is 3. The highest BCUT2D eigenvalue weighted by Crippen LogP contribution is 2.26. The van der Waals surface area contributed by atoms with Crippen LogP contribution < -0.4 is 10.1 Å². The molecular weight excluding hydrogens is 435 g/mol. The number of amides is 1. The van der Waals surface area contributed by atoms with Crippen molar-refractivity contribution in [3.8, 4) is 11.4 Å². The summed E-state index contributed by atoms with van der Waals surface area (Å²) in [5, 5.41) is 13.3. The van der Waals surface area contributed by atoms with E-state index in [1.54, 1.807) is 23.0 Å². The fraction of sp³-hybridized carbons (Fsp3) is 0.174. The van der Waals surface area contributed by atoms with Gasteiger partial charge in [-0.2, -0.15) is 4.80 Å². The maximum absolute atomic E-state index is 12.5. The van der Waals surface area contributed by atoms with Gasteiger partial charge < -0.3 is 10.1 Å². The molecule has 1 amide bonds. The normalized spacial score (nSPS) is 11.0. The third kappa shape index (κ3) is 4.65. The fourth-order valence-electron chi connectivity index (χ4n) is 3.22. The molecule has 1 aromatic heterocycles. The molecule has 3 aromatic carbocycles. The van der Waals surface area contributed by atoms with Gasteiger partial charge in [0.05, 0.1) is 5.69 Å². The first-order chi connectivity index (χ1) is 14.8. The average molecular weight is 455 g/mol. The molecule has 6 nitrogen and oxygen atoms in total. The van der Waals surface area contributed by atoms with Crippen LogP contribution >= 0.6 is 23.2 Å². The first-order valence-electron chi connectivity index (χ1n) is 9.63. The van der Waals surface area contributed by atoms with E-state index < -0.39 is 0 Å². The SMILES string of the molecule is Cc1cc2nn(-c3ccc(Cl)cc3)nc2cc1NC(=O)COc1cc(C)c(Cl)c(C)c1. The van der Waals surface area contributed by atoms with Crippen LogP contribution in [-0.4, -0.2) is 27.5 Å². The predicted molar refractivity (Wildman–Crippen MR) is 124 cm³/mol. The number of hydrogen-bond acceptors (Lipinski definition) is 4. The van der Waals surface area contributed by atoms with Gasteiger partial charge in [-0.15, -0.1) is 10.2 Å². The predicted octanol–water partition coefficient (Wildman–Crippen LogP) is 5.67. The van der Waals surface area contributed by atoms with Crippen molar-refractivity contribution < 1.29 is 9.53 Å². The average Bonchev–Trinajstić information content (AvgIpc) is 3.13. The Kier molecular flexibility index (Phi) is 5.85. The Morgan fingerprint density at radius 3 is 2.19 bits per heavy atom. The van der Waals surface area contributed by atoms with Gasteiger partial charge in [-0.3, -0.25) is 4.79 Å². The molecule has 31 heavy (non-hydrogen) atoms. The molecule has 0 unspecified atom stereocenters. The van der Waals surface area contributed by atoms with Gasteiger partial charge in [-0.05, 0) is 86.0 Å². The summed E-state index contributed by atoms with van der Waals surface area (Å²) >= 11 is 12.1. The molecule has 0 radical (unpaired) electrons. The minimum Gasteiger partial charge on any atom is -0.484 e. The largest absolute Gasteiger partial charge is 0.484 e. The van der Waals surface area contributed by atoms with Gasteiger partial charge in [0.25, 0.3) is 5.91 Å². The van der Waals surface area contributed by atoms with Crippen molar-refractivity contribution in [2.75, 3.05) is 11.9 Å². The lowest BCUT2D eigenvalue weighted by atomic mass is 10.1. The van der Waals surface area contributed by atoms with Crippen LogP contribution in [0.25, 0.3) is 16.7 Å². The van der Waals surface area contributed by atoms with Crippen molar-refractivity contribution in [2.45, 2.75) is 20.8 Å². The number of halogens is 2. The number of carbonyl (C=O) groups is 1. The number of anilines is 1. The van der Waals surface area contributed by atoms with E-state index in [1.165, 1.54) is 0 Å². The van der Waals surface area contributed by atoms with Crippen LogP contribution in [0, 0.1) is 20.8 Å². The summed E-state index contributed by atoms with van der Waals surface area (Å²) in [6.07, 6.45) is 0. The number of nitrogens with zero attached hydrogens (tertiary/aromatic N) is 3. The summed E-state index contributed by atoms with van der Waals surface area (Å²) in [4.78, 5) is 14.0. The van der Waals surface area contributed by atoms with Gasteiger partial charge in [0.1, 0.15) is 16.8 Å². The van der Waals surface area contributed by atoms with Crippen LogP contribution in [0.2, 0.25) is 10.0 Å². The molecular formula is C23H20Cl2N4O2. The third-order valence-electron chi connectivity index (χ3n) is 4.84. The number of carbonyl (C=O) groups excluding carboxylic acids is 1. The zero-order chi connectivity index (χ0) is 22.1. The maximum atomic E-state index is 12.5. The Morgan fingerprint density at radius 2 is 1.55 bits per heavy atom. The standard InChI is InChI=1S/C23H20Cl2N4O2/c1-13-10-20-21(28-29(27-20)17-6-4-16(24)5-7-17)11-19(13)26-22(30)12-31-18-8-14(2)23(25)15(3)9-18/h4-11H,12H2,1-3H3,(H,26,30). The van der Waals surface area contributed by atoms with E-state index in [9.17, 15) is 4.79 Å². The van der Waals surface area contributed by atoms with Gasteiger partial charge in [-0.25, -0.2) is 0 Å². The summed E-state index contributed by atoms with van der Waals surface area (Å²) in [6, 6.07) is 14.6. The molecule has 0 atom stereocenters. The molecule has 0 aliphatic heterocycles. The Hall–Kier alpha value is -3.09. The number of rotatable bonds is 5. The lowest BCUT2D eigenvalue weighted by Crippen LogP contribution is -2.20. The molecule has 1 heterocycles. The molecule has 0 saturated heterocycles. The number of fused-ring (bicyclic) bond motifs is 1. The van der Waals surface area contributed by atoms with Crippen LogP contribution in [0.4, 0.5) is 5.69 Å². The summed E-state index contributed by atoms with van der Waals surface area (Å²) in [5.41, 5.74) is 5.54. The minimum absolute atomic E-state index is 0.116. The molecule has 158 valence electrons. The molecule has 0 aliphatic rings. The van der Waals surface area contributed by atoms with E-state index in [4.69, 9.17) is 27.9 Å². The second kappa shape index (κ2) is 8.57. The van der Waals surface area contributed by atoms with E-state index >= 15 is 0 Å². The summed E-state index contributed by atoms with van der Waals surface area (Å²) in [7, 11) is 0. The number of nitrogens with one attached hydrogen (secondary N) is 1. The molecule has 4 aromatic rings. The first-order valence-corrected chi connectivity index (χ1v) is 10.4. The van der Waals surface area contributed by atoms with Gasteiger partial charge >= 0.3 is 0 Å². The van der Waals surface area contributed by atoms with E-state index in [-0.39, 0.29) is 12.5 Å². The van der Waals surface area contributed by atoms with Gasteiger partial charge in [0, 0.05) is 15.7 Å². The van der Waals surface area contributed by atoms with Crippen molar-refractivity contribution in [2.24, 2.45) is 0 Å². The topological polar surface area (TPSA) is 69.0 Å². The van der Waals surface area contributed by atoms with Crippen LogP contribution in [0.1, 0.15) is 16.7 Å². The molecule has 0 aliphatic carbocycles. The van der Waals surface area contributed by atoms with Crippen LogP contribution in [0.15, 0.2) is 48.5 Å². The highest BCUT2D eigenvalue weighted by molar-refractivity contribution is 6.32. The van der Waals surface area contributed by atoms with Crippen molar-refractivity contribution in [1.29, 1.82) is 0 Å². The maximum Gasteiger partial charge on any atom is 0.262 e. The number of aromatic nitrogens is 3. The smallest absolute Gasteiger partial charge is 0.262 e. The monoisotopic (exact) mass is 454 g/mol. The first kappa shape index (κ1) is 21.2. The van der Waals surface area contributed by atoms with Crippen molar-refractivity contribution in [1.82, 2.24) is 15.0 Å². The molecule has 8 heteroatoms. The Morgan fingerprint density at radius 1 is 0.935 bits per heavy atom. The number of ether oxygens (including phenoxy) is 1. The molecule has 1 N–H and O–H groups in total. The fourth-order valence-corrected chi connectivity index (χ4v) is 3.45. The molecule has 0 spiro atoms. The lowest BCUT2D eigenvalue weighted by Gasteiger charge is -2.11. The highest BCUT2D eigenvalue weighted by atomic mass is 35.5. The Balaban J connectivity index is 1.49. The van der Waals surface area contributed by atoms with Gasteiger partial charge in [-0.1, -0.05) is 23.2 Å². The van der Waals surface area contributed by atoms with E-state index in [0.717, 1.165) is 27.9 Å². The van der Waals surface area contributed by atoms with Crippen molar-refractivity contribution in [3.63, 3.8) is 0 Å². The van der Waals surface area contributed by atoms with Gasteiger partial charge in [0.2, 0.25) is 0 Å². The second-order valence-electron chi connectivity index (χ2n) is 7.33. The number of hydrogen-bond donors (Lipinski definition) is 1. The summed E-state index contributed by atoms with van der Waals surface area (Å²) < 4.78 is 5.64. The Labute approximate surface area is 189 Å². The van der Waals surface area contributed by atoms with E-state index in [1.807, 2.05) is 51.1 Å². The van der Waals surface area contributed by atoms with E-state index in [2.05, 4.69) is 15.5 Å². The summed E-state index contributed by atoms with van der Waals surface area (Å²) in [5.74, 6) is 0.338.